The Bertz CT molecular complexity index is 675. The van der Waals surface area contributed by atoms with E-state index in [1.807, 2.05) is 13.8 Å². The van der Waals surface area contributed by atoms with E-state index in [1.54, 1.807) is 12.3 Å². The maximum atomic E-state index is 11.4. The third kappa shape index (κ3) is 2.98. The molecule has 8 heteroatoms. The molecule has 5 unspecified atom stereocenters. The smallest absolute Gasteiger partial charge is 0.293 e. The molecular formula is C18H28N2O5Si. The van der Waals surface area contributed by atoms with E-state index in [4.69, 9.17) is 13.9 Å². The third-order valence-corrected chi connectivity index (χ3v) is 10.8. The first-order valence-electron chi connectivity index (χ1n) is 9.45. The quantitative estimate of drug-likeness (QED) is 0.305. The Balaban J connectivity index is 1.96. The van der Waals surface area contributed by atoms with Crippen molar-refractivity contribution in [3.63, 3.8) is 0 Å². The van der Waals surface area contributed by atoms with Gasteiger partial charge in [0.1, 0.15) is 12.3 Å². The minimum Gasteiger partial charge on any atom is -0.388 e. The summed E-state index contributed by atoms with van der Waals surface area (Å²) in [4.78, 5) is 14.9. The minimum atomic E-state index is -1.90. The summed E-state index contributed by atoms with van der Waals surface area (Å²) < 4.78 is 19.0. The van der Waals surface area contributed by atoms with Gasteiger partial charge < -0.3 is 13.9 Å². The summed E-state index contributed by atoms with van der Waals surface area (Å²) in [6, 6.07) is 4.76. The molecule has 1 aromatic rings. The molecule has 3 rings (SSSR count). The van der Waals surface area contributed by atoms with Crippen molar-refractivity contribution in [2.24, 2.45) is 5.92 Å². The van der Waals surface area contributed by atoms with Crippen molar-refractivity contribution in [1.82, 2.24) is 4.98 Å². The van der Waals surface area contributed by atoms with Crippen LogP contribution in [0.4, 0.5) is 5.69 Å². The van der Waals surface area contributed by atoms with Crippen LogP contribution in [-0.4, -0.2) is 36.2 Å². The molecule has 0 aliphatic carbocycles. The Morgan fingerprint density at radius 2 is 1.96 bits per heavy atom. The largest absolute Gasteiger partial charge is 0.388 e. The molecule has 0 N–H and O–H groups in total. The minimum absolute atomic E-state index is 0.0178. The summed E-state index contributed by atoms with van der Waals surface area (Å²) in [5, 5.41) is 11.4. The number of ether oxygens (including phenoxy) is 2. The SMILES string of the molecule is CC[Si](CC)(CC)OC12OC1C(C)OC(c1ccncc1[N+](=O)[O-])C2C. The fourth-order valence-electron chi connectivity index (χ4n) is 4.20. The lowest BCUT2D eigenvalue weighted by Crippen LogP contribution is -2.50. The molecular weight excluding hydrogens is 352 g/mol. The molecule has 5 atom stereocenters. The Kier molecular flexibility index (Phi) is 5.22. The first-order chi connectivity index (χ1) is 12.3. The summed E-state index contributed by atoms with van der Waals surface area (Å²) in [6.45, 7) is 10.5. The third-order valence-electron chi connectivity index (χ3n) is 6.17. The van der Waals surface area contributed by atoms with E-state index >= 15 is 0 Å². The molecule has 0 amide bonds. The van der Waals surface area contributed by atoms with E-state index in [2.05, 4.69) is 25.8 Å². The zero-order chi connectivity index (χ0) is 19.1. The van der Waals surface area contributed by atoms with Gasteiger partial charge in [-0.05, 0) is 31.1 Å². The topological polar surface area (TPSA) is 87.0 Å². The van der Waals surface area contributed by atoms with Gasteiger partial charge in [0, 0.05) is 12.1 Å². The van der Waals surface area contributed by atoms with Crippen molar-refractivity contribution in [1.29, 1.82) is 0 Å². The Hall–Kier alpha value is -1.35. The lowest BCUT2D eigenvalue weighted by molar-refractivity contribution is -0.386. The molecule has 1 aromatic heterocycles. The molecule has 3 heterocycles. The van der Waals surface area contributed by atoms with E-state index in [0.29, 0.717) is 5.56 Å². The Morgan fingerprint density at radius 3 is 2.54 bits per heavy atom. The van der Waals surface area contributed by atoms with Crippen molar-refractivity contribution in [3.05, 3.63) is 34.1 Å². The second-order valence-electron chi connectivity index (χ2n) is 7.35. The van der Waals surface area contributed by atoms with Crippen LogP contribution in [0.2, 0.25) is 18.1 Å². The zero-order valence-corrected chi connectivity index (χ0v) is 17.1. The number of rotatable bonds is 7. The standard InChI is InChI=1S/C18H28N2O5Si/c1-6-26(7-2,8-3)25-18-12(4)16(23-13(5)17(18)24-18)14-9-10-19-11-15(14)20(21)22/h9-13,16-17H,6-8H2,1-5H3. The number of epoxide rings is 1. The summed E-state index contributed by atoms with van der Waals surface area (Å²) in [5.41, 5.74) is 0.522. The zero-order valence-electron chi connectivity index (χ0n) is 16.1. The molecule has 0 spiro atoms. The van der Waals surface area contributed by atoms with Gasteiger partial charge in [-0.25, -0.2) is 0 Å². The monoisotopic (exact) mass is 380 g/mol. The molecule has 0 bridgehead atoms. The Labute approximate surface area is 155 Å². The predicted molar refractivity (Wildman–Crippen MR) is 99.2 cm³/mol. The molecule has 2 aliphatic heterocycles. The van der Waals surface area contributed by atoms with Crippen LogP contribution >= 0.6 is 0 Å². The van der Waals surface area contributed by atoms with Gasteiger partial charge in [0.2, 0.25) is 0 Å². The van der Waals surface area contributed by atoms with Crippen molar-refractivity contribution in [3.8, 4) is 0 Å². The van der Waals surface area contributed by atoms with Crippen LogP contribution in [0.25, 0.3) is 0 Å². The number of fused-ring (bicyclic) bond motifs is 1. The van der Waals surface area contributed by atoms with E-state index in [-0.39, 0.29) is 23.8 Å². The van der Waals surface area contributed by atoms with E-state index < -0.39 is 25.1 Å². The van der Waals surface area contributed by atoms with Crippen molar-refractivity contribution < 1.29 is 18.8 Å². The van der Waals surface area contributed by atoms with E-state index in [9.17, 15) is 10.1 Å². The van der Waals surface area contributed by atoms with Crippen LogP contribution in [-0.2, 0) is 13.9 Å². The van der Waals surface area contributed by atoms with Gasteiger partial charge in [-0.3, -0.25) is 15.1 Å². The highest BCUT2D eigenvalue weighted by atomic mass is 28.4. The normalized spacial score (nSPS) is 33.6. The van der Waals surface area contributed by atoms with Gasteiger partial charge in [0.15, 0.2) is 14.1 Å². The summed E-state index contributed by atoms with van der Waals surface area (Å²) >= 11 is 0. The van der Waals surface area contributed by atoms with Gasteiger partial charge in [-0.1, -0.05) is 27.7 Å². The fraction of sp³-hybridized carbons (Fsp3) is 0.722. The summed E-state index contributed by atoms with van der Waals surface area (Å²) in [5.74, 6) is -0.824. The first-order valence-corrected chi connectivity index (χ1v) is 12.0. The van der Waals surface area contributed by atoms with Crippen molar-refractivity contribution in [2.75, 3.05) is 0 Å². The fourth-order valence-corrected chi connectivity index (χ4v) is 7.16. The van der Waals surface area contributed by atoms with Crippen LogP contribution < -0.4 is 0 Å². The number of hydrogen-bond acceptors (Lipinski definition) is 6. The maximum Gasteiger partial charge on any atom is 0.293 e. The lowest BCUT2D eigenvalue weighted by atomic mass is 9.86. The first kappa shape index (κ1) is 19.4. The number of nitro groups is 1. The Morgan fingerprint density at radius 1 is 1.31 bits per heavy atom. The maximum absolute atomic E-state index is 11.4. The molecule has 2 aliphatic rings. The highest BCUT2D eigenvalue weighted by Gasteiger charge is 2.71. The lowest BCUT2D eigenvalue weighted by Gasteiger charge is -2.40. The van der Waals surface area contributed by atoms with Gasteiger partial charge in [0.25, 0.3) is 5.69 Å². The molecule has 7 nitrogen and oxygen atoms in total. The van der Waals surface area contributed by atoms with Crippen LogP contribution in [0, 0.1) is 16.0 Å². The summed E-state index contributed by atoms with van der Waals surface area (Å²) in [7, 11) is -1.90. The number of nitrogens with zero attached hydrogens (tertiary/aromatic N) is 2. The van der Waals surface area contributed by atoms with Crippen molar-refractivity contribution in [2.45, 2.75) is 76.8 Å². The second kappa shape index (κ2) is 6.99. The van der Waals surface area contributed by atoms with E-state index in [1.165, 1.54) is 6.20 Å². The van der Waals surface area contributed by atoms with E-state index in [0.717, 1.165) is 18.1 Å². The highest BCUT2D eigenvalue weighted by molar-refractivity contribution is 6.73. The highest BCUT2D eigenvalue weighted by Crippen LogP contribution is 2.58. The number of pyridine rings is 1. The van der Waals surface area contributed by atoms with Crippen LogP contribution in [0.15, 0.2) is 18.5 Å². The van der Waals surface area contributed by atoms with Crippen LogP contribution in [0.5, 0.6) is 0 Å². The average Bonchev–Trinajstić information content (AvgIpc) is 3.39. The molecule has 2 saturated heterocycles. The molecule has 26 heavy (non-hydrogen) atoms. The predicted octanol–water partition coefficient (Wildman–Crippen LogP) is 4.20. The van der Waals surface area contributed by atoms with Gasteiger partial charge in [0.05, 0.1) is 22.7 Å². The molecule has 0 aromatic carbocycles. The molecule has 144 valence electrons. The van der Waals surface area contributed by atoms with Crippen molar-refractivity contribution >= 4 is 14.0 Å². The van der Waals surface area contributed by atoms with Gasteiger partial charge >= 0.3 is 0 Å². The van der Waals surface area contributed by atoms with Gasteiger partial charge in [-0.15, -0.1) is 0 Å². The second-order valence-corrected chi connectivity index (χ2v) is 12.0. The average molecular weight is 381 g/mol. The van der Waals surface area contributed by atoms with Crippen LogP contribution in [0.1, 0.15) is 46.3 Å². The van der Waals surface area contributed by atoms with Crippen LogP contribution in [0.3, 0.4) is 0 Å². The molecule has 0 saturated carbocycles. The van der Waals surface area contributed by atoms with Gasteiger partial charge in [-0.2, -0.15) is 0 Å². The molecule has 0 radical (unpaired) electrons. The number of aromatic nitrogens is 1. The molecule has 2 fully saturated rings. The number of hydrogen-bond donors (Lipinski definition) is 0. The summed E-state index contributed by atoms with van der Waals surface area (Å²) in [6.07, 6.45) is 2.11.